The summed E-state index contributed by atoms with van der Waals surface area (Å²) in [4.78, 5) is 30.3. The van der Waals surface area contributed by atoms with Gasteiger partial charge in [0.25, 0.3) is 5.91 Å². The summed E-state index contributed by atoms with van der Waals surface area (Å²) in [5.41, 5.74) is 0. The van der Waals surface area contributed by atoms with E-state index in [9.17, 15) is 9.59 Å². The molecule has 0 saturated carbocycles. The fraction of sp³-hybridized carbons (Fsp3) is 0.471. The molecule has 3 rings (SSSR count). The minimum absolute atomic E-state index is 0.00947. The predicted octanol–water partition coefficient (Wildman–Crippen LogP) is 3.74. The van der Waals surface area contributed by atoms with E-state index in [0.717, 1.165) is 30.7 Å². The maximum atomic E-state index is 12.7. The van der Waals surface area contributed by atoms with Gasteiger partial charge in [-0.2, -0.15) is 0 Å². The van der Waals surface area contributed by atoms with Gasteiger partial charge >= 0.3 is 0 Å². The van der Waals surface area contributed by atoms with Gasteiger partial charge in [0, 0.05) is 17.5 Å². The summed E-state index contributed by atoms with van der Waals surface area (Å²) in [7, 11) is 0. The van der Waals surface area contributed by atoms with E-state index in [1.165, 1.54) is 23.1 Å². The van der Waals surface area contributed by atoms with Gasteiger partial charge in [-0.25, -0.2) is 0 Å². The van der Waals surface area contributed by atoms with Crippen LogP contribution in [0.15, 0.2) is 22.4 Å². The van der Waals surface area contributed by atoms with Crippen LogP contribution in [0, 0.1) is 0 Å². The first-order valence-electron chi connectivity index (χ1n) is 8.18. The third-order valence-electron chi connectivity index (χ3n) is 4.40. The number of thiophene rings is 1. The Morgan fingerprint density at radius 2 is 2.29 bits per heavy atom. The number of rotatable bonds is 4. The van der Waals surface area contributed by atoms with Gasteiger partial charge in [-0.05, 0) is 43.2 Å². The standard InChI is InChI=1S/C17H20N2O2S3/c1-2-12-6-3-4-8-18(12)15(20)11-19-16(21)14(24-17(19)22)10-13-7-5-9-23-13/h5,7,9-10,12H,2-4,6,8,11H2,1H3/b14-10+. The van der Waals surface area contributed by atoms with Crippen LogP contribution in [0.3, 0.4) is 0 Å². The van der Waals surface area contributed by atoms with Crippen LogP contribution >= 0.6 is 35.3 Å². The summed E-state index contributed by atoms with van der Waals surface area (Å²) < 4.78 is 0.473. The molecule has 1 aromatic rings. The first-order chi connectivity index (χ1) is 11.6. The van der Waals surface area contributed by atoms with E-state index in [1.54, 1.807) is 11.3 Å². The molecule has 2 amide bonds. The van der Waals surface area contributed by atoms with E-state index in [-0.39, 0.29) is 18.4 Å². The molecule has 3 heterocycles. The molecule has 0 radical (unpaired) electrons. The Balaban J connectivity index is 1.69. The molecule has 24 heavy (non-hydrogen) atoms. The molecule has 0 aromatic carbocycles. The normalized spacial score (nSPS) is 23.4. The van der Waals surface area contributed by atoms with Gasteiger partial charge < -0.3 is 4.90 Å². The van der Waals surface area contributed by atoms with Crippen LogP contribution in [0.5, 0.6) is 0 Å². The Morgan fingerprint density at radius 3 is 3.00 bits per heavy atom. The Kier molecular flexibility index (Phi) is 5.73. The number of hydrogen-bond acceptors (Lipinski definition) is 5. The first kappa shape index (κ1) is 17.6. The quantitative estimate of drug-likeness (QED) is 0.589. The first-order valence-corrected chi connectivity index (χ1v) is 10.3. The number of hydrogen-bond donors (Lipinski definition) is 0. The van der Waals surface area contributed by atoms with Gasteiger partial charge in [-0.15, -0.1) is 11.3 Å². The average Bonchev–Trinajstić information content (AvgIpc) is 3.19. The summed E-state index contributed by atoms with van der Waals surface area (Å²) in [6.07, 6.45) is 6.08. The Morgan fingerprint density at radius 1 is 1.46 bits per heavy atom. The van der Waals surface area contributed by atoms with Crippen molar-refractivity contribution in [2.75, 3.05) is 13.1 Å². The highest BCUT2D eigenvalue weighted by atomic mass is 32.2. The molecule has 1 aromatic heterocycles. The SMILES string of the molecule is CCC1CCCCN1C(=O)CN1C(=O)/C(=C\c2cccs2)SC1=S. The minimum atomic E-state index is -0.156. The number of piperidine rings is 1. The van der Waals surface area contributed by atoms with E-state index in [1.807, 2.05) is 28.5 Å². The van der Waals surface area contributed by atoms with Crippen LogP contribution in [0.4, 0.5) is 0 Å². The summed E-state index contributed by atoms with van der Waals surface area (Å²) in [5, 5.41) is 1.97. The smallest absolute Gasteiger partial charge is 0.266 e. The van der Waals surface area contributed by atoms with Crippen molar-refractivity contribution in [3.8, 4) is 0 Å². The van der Waals surface area contributed by atoms with Crippen molar-refractivity contribution in [1.82, 2.24) is 9.80 Å². The van der Waals surface area contributed by atoms with E-state index >= 15 is 0 Å². The van der Waals surface area contributed by atoms with Crippen LogP contribution in [-0.4, -0.2) is 45.1 Å². The molecule has 2 saturated heterocycles. The molecule has 2 fully saturated rings. The summed E-state index contributed by atoms with van der Waals surface area (Å²) in [6, 6.07) is 4.20. The average molecular weight is 381 g/mol. The molecular weight excluding hydrogens is 360 g/mol. The Bertz CT molecular complexity index is 669. The highest BCUT2D eigenvalue weighted by Crippen LogP contribution is 2.33. The zero-order valence-corrected chi connectivity index (χ0v) is 16.0. The van der Waals surface area contributed by atoms with Crippen LogP contribution < -0.4 is 0 Å². The fourth-order valence-corrected chi connectivity index (χ4v) is 5.10. The van der Waals surface area contributed by atoms with Crippen molar-refractivity contribution >= 4 is 57.5 Å². The Hall–Kier alpha value is -1.18. The molecule has 0 aliphatic carbocycles. The molecule has 0 spiro atoms. The maximum Gasteiger partial charge on any atom is 0.266 e. The molecule has 4 nitrogen and oxygen atoms in total. The fourth-order valence-electron chi connectivity index (χ4n) is 3.12. The number of carbonyl (C=O) groups is 2. The van der Waals surface area contributed by atoms with E-state index in [4.69, 9.17) is 12.2 Å². The third-order valence-corrected chi connectivity index (χ3v) is 6.60. The second-order valence-electron chi connectivity index (χ2n) is 5.93. The second-order valence-corrected chi connectivity index (χ2v) is 8.58. The van der Waals surface area contributed by atoms with Gasteiger partial charge in [0.2, 0.25) is 5.91 Å². The van der Waals surface area contributed by atoms with Crippen LogP contribution in [-0.2, 0) is 9.59 Å². The third kappa shape index (κ3) is 3.73. The van der Waals surface area contributed by atoms with Crippen LogP contribution in [0.25, 0.3) is 6.08 Å². The minimum Gasteiger partial charge on any atom is -0.338 e. The van der Waals surface area contributed by atoms with Gasteiger partial charge in [0.15, 0.2) is 0 Å². The van der Waals surface area contributed by atoms with E-state index in [0.29, 0.717) is 15.3 Å². The zero-order chi connectivity index (χ0) is 17.1. The topological polar surface area (TPSA) is 40.6 Å². The number of carbonyl (C=O) groups excluding carboxylic acids is 2. The molecule has 1 unspecified atom stereocenters. The molecular formula is C17H20N2O2S3. The summed E-state index contributed by atoms with van der Waals surface area (Å²) in [6.45, 7) is 2.96. The lowest BCUT2D eigenvalue weighted by Crippen LogP contribution is -2.48. The molecule has 2 aliphatic rings. The monoisotopic (exact) mass is 380 g/mol. The van der Waals surface area contributed by atoms with E-state index in [2.05, 4.69) is 6.92 Å². The number of thioether (sulfide) groups is 1. The van der Waals surface area contributed by atoms with Gasteiger partial charge in [-0.3, -0.25) is 14.5 Å². The molecule has 2 aliphatic heterocycles. The van der Waals surface area contributed by atoms with Crippen LogP contribution in [0.1, 0.15) is 37.5 Å². The van der Waals surface area contributed by atoms with E-state index < -0.39 is 0 Å². The zero-order valence-electron chi connectivity index (χ0n) is 13.6. The van der Waals surface area contributed by atoms with Crippen molar-refractivity contribution in [2.45, 2.75) is 38.6 Å². The number of likely N-dealkylation sites (tertiary alicyclic amines) is 1. The molecule has 128 valence electrons. The lowest BCUT2D eigenvalue weighted by Gasteiger charge is -2.36. The van der Waals surface area contributed by atoms with Crippen molar-refractivity contribution in [1.29, 1.82) is 0 Å². The highest BCUT2D eigenvalue weighted by molar-refractivity contribution is 8.26. The van der Waals surface area contributed by atoms with Crippen molar-refractivity contribution in [2.24, 2.45) is 0 Å². The molecule has 1 atom stereocenters. The predicted molar refractivity (Wildman–Crippen MR) is 104 cm³/mol. The molecule has 7 heteroatoms. The van der Waals surface area contributed by atoms with Crippen LogP contribution in [0.2, 0.25) is 0 Å². The number of nitrogens with zero attached hydrogens (tertiary/aromatic N) is 2. The van der Waals surface area contributed by atoms with Gasteiger partial charge in [0.05, 0.1) is 4.91 Å². The highest BCUT2D eigenvalue weighted by Gasteiger charge is 2.35. The van der Waals surface area contributed by atoms with Gasteiger partial charge in [0.1, 0.15) is 10.9 Å². The van der Waals surface area contributed by atoms with Crippen molar-refractivity contribution in [3.05, 3.63) is 27.3 Å². The summed E-state index contributed by atoms with van der Waals surface area (Å²) >= 11 is 8.18. The lowest BCUT2D eigenvalue weighted by atomic mass is 10.00. The van der Waals surface area contributed by atoms with Crippen molar-refractivity contribution in [3.63, 3.8) is 0 Å². The lowest BCUT2D eigenvalue weighted by molar-refractivity contribution is -0.138. The maximum absolute atomic E-state index is 12.7. The Labute approximate surface area is 155 Å². The molecule has 0 N–H and O–H groups in total. The largest absolute Gasteiger partial charge is 0.338 e. The number of thiocarbonyl (C=S) groups is 1. The second kappa shape index (κ2) is 7.80. The summed E-state index contributed by atoms with van der Waals surface area (Å²) in [5.74, 6) is -0.146. The van der Waals surface area contributed by atoms with Gasteiger partial charge in [-0.1, -0.05) is 37.0 Å². The van der Waals surface area contributed by atoms with Crippen molar-refractivity contribution < 1.29 is 9.59 Å². The number of amides is 2. The molecule has 0 bridgehead atoms.